The highest BCUT2D eigenvalue weighted by atomic mass is 35.5. The second-order valence-corrected chi connectivity index (χ2v) is 4.49. The summed E-state index contributed by atoms with van der Waals surface area (Å²) in [5.74, 6) is 0.682. The van der Waals surface area contributed by atoms with Crippen molar-refractivity contribution in [2.24, 2.45) is 0 Å². The maximum Gasteiger partial charge on any atom is 0.134 e. The fourth-order valence-electron chi connectivity index (χ4n) is 1.49. The molecule has 0 aliphatic heterocycles. The zero-order valence-corrected chi connectivity index (χ0v) is 9.38. The molecular weight excluding hydrogens is 215 g/mol. The standard InChI is InChI=1S/C12H12ClFO/c1-7(8(2)13)12-6-9-5-10(14)3-4-11(9)15-12/h3-8H,1-2H3. The summed E-state index contributed by atoms with van der Waals surface area (Å²) in [6, 6.07) is 6.35. The molecule has 1 nitrogen and oxygen atoms in total. The van der Waals surface area contributed by atoms with Gasteiger partial charge in [0, 0.05) is 16.7 Å². The summed E-state index contributed by atoms with van der Waals surface area (Å²) in [6.45, 7) is 3.91. The Morgan fingerprint density at radius 1 is 1.27 bits per heavy atom. The summed E-state index contributed by atoms with van der Waals surface area (Å²) in [6.07, 6.45) is 0. The topological polar surface area (TPSA) is 13.1 Å². The highest BCUT2D eigenvalue weighted by Crippen LogP contribution is 2.29. The molecule has 80 valence electrons. The van der Waals surface area contributed by atoms with Crippen molar-refractivity contribution in [3.05, 3.63) is 35.8 Å². The van der Waals surface area contributed by atoms with E-state index in [1.807, 2.05) is 19.9 Å². The molecule has 0 fully saturated rings. The van der Waals surface area contributed by atoms with E-state index >= 15 is 0 Å². The Morgan fingerprint density at radius 3 is 2.67 bits per heavy atom. The average Bonchev–Trinajstić information content (AvgIpc) is 2.58. The number of rotatable bonds is 2. The largest absolute Gasteiger partial charge is 0.461 e. The molecule has 0 saturated heterocycles. The van der Waals surface area contributed by atoms with E-state index in [2.05, 4.69) is 0 Å². The predicted molar refractivity (Wildman–Crippen MR) is 59.9 cm³/mol. The average molecular weight is 227 g/mol. The Bertz CT molecular complexity index is 475. The number of halogens is 2. The minimum atomic E-state index is -0.249. The number of hydrogen-bond donors (Lipinski definition) is 0. The lowest BCUT2D eigenvalue weighted by molar-refractivity contribution is 0.501. The lowest BCUT2D eigenvalue weighted by Crippen LogP contribution is -2.03. The van der Waals surface area contributed by atoms with Crippen LogP contribution in [0.1, 0.15) is 25.5 Å². The molecule has 2 atom stereocenters. The molecule has 0 aliphatic rings. The lowest BCUT2D eigenvalue weighted by atomic mass is 10.1. The van der Waals surface area contributed by atoms with Crippen molar-refractivity contribution >= 4 is 22.6 Å². The van der Waals surface area contributed by atoms with Gasteiger partial charge in [0.2, 0.25) is 0 Å². The molecule has 0 N–H and O–H groups in total. The second-order valence-electron chi connectivity index (χ2n) is 3.80. The molecule has 3 heteroatoms. The van der Waals surface area contributed by atoms with E-state index in [-0.39, 0.29) is 17.1 Å². The molecule has 0 amide bonds. The Kier molecular flexibility index (Phi) is 2.70. The second kappa shape index (κ2) is 3.86. The molecule has 0 spiro atoms. The minimum Gasteiger partial charge on any atom is -0.461 e. The van der Waals surface area contributed by atoms with Crippen LogP contribution < -0.4 is 0 Å². The Morgan fingerprint density at radius 2 is 2.00 bits per heavy atom. The molecule has 0 saturated carbocycles. The predicted octanol–water partition coefficient (Wildman–Crippen LogP) is 4.30. The first-order chi connectivity index (χ1) is 7.08. The van der Waals surface area contributed by atoms with Crippen molar-refractivity contribution in [3.63, 3.8) is 0 Å². The van der Waals surface area contributed by atoms with Crippen molar-refractivity contribution in [1.29, 1.82) is 0 Å². The smallest absolute Gasteiger partial charge is 0.134 e. The summed E-state index contributed by atoms with van der Waals surface area (Å²) in [5.41, 5.74) is 0.704. The molecule has 0 bridgehead atoms. The van der Waals surface area contributed by atoms with E-state index in [1.54, 1.807) is 6.07 Å². The zero-order chi connectivity index (χ0) is 11.0. The van der Waals surface area contributed by atoms with E-state index in [9.17, 15) is 4.39 Å². The van der Waals surface area contributed by atoms with Crippen LogP contribution in [0.25, 0.3) is 11.0 Å². The normalized spacial score (nSPS) is 15.5. The van der Waals surface area contributed by atoms with Crippen molar-refractivity contribution in [2.45, 2.75) is 25.1 Å². The molecular formula is C12H12ClFO. The van der Waals surface area contributed by atoms with Crippen LogP contribution in [0.4, 0.5) is 4.39 Å². The third-order valence-electron chi connectivity index (χ3n) is 2.64. The number of furan rings is 1. The van der Waals surface area contributed by atoms with Crippen LogP contribution >= 0.6 is 11.6 Å². The van der Waals surface area contributed by atoms with E-state index in [0.29, 0.717) is 5.58 Å². The Hall–Kier alpha value is -1.02. The Labute approximate surface area is 92.8 Å². The third-order valence-corrected chi connectivity index (χ3v) is 3.01. The summed E-state index contributed by atoms with van der Waals surface area (Å²) in [4.78, 5) is 0. The fraction of sp³-hybridized carbons (Fsp3) is 0.333. The van der Waals surface area contributed by atoms with E-state index < -0.39 is 0 Å². The van der Waals surface area contributed by atoms with Gasteiger partial charge in [-0.3, -0.25) is 0 Å². The van der Waals surface area contributed by atoms with Crippen LogP contribution in [-0.4, -0.2) is 5.38 Å². The summed E-state index contributed by atoms with van der Waals surface area (Å²) in [5, 5.41) is 0.782. The molecule has 2 aromatic rings. The monoisotopic (exact) mass is 226 g/mol. The van der Waals surface area contributed by atoms with Crippen LogP contribution in [0.2, 0.25) is 0 Å². The van der Waals surface area contributed by atoms with Gasteiger partial charge in [-0.2, -0.15) is 0 Å². The summed E-state index contributed by atoms with van der Waals surface area (Å²) < 4.78 is 18.5. The summed E-state index contributed by atoms with van der Waals surface area (Å²) >= 11 is 5.99. The first kappa shape index (κ1) is 10.5. The molecule has 2 unspecified atom stereocenters. The van der Waals surface area contributed by atoms with Crippen LogP contribution in [0.5, 0.6) is 0 Å². The fourth-order valence-corrected chi connectivity index (χ4v) is 1.61. The molecule has 15 heavy (non-hydrogen) atoms. The highest BCUT2D eigenvalue weighted by molar-refractivity contribution is 6.20. The van der Waals surface area contributed by atoms with Gasteiger partial charge >= 0.3 is 0 Å². The van der Waals surface area contributed by atoms with Gasteiger partial charge in [-0.15, -0.1) is 11.6 Å². The molecule has 2 rings (SSSR count). The van der Waals surface area contributed by atoms with Gasteiger partial charge in [0.05, 0.1) is 0 Å². The first-order valence-corrected chi connectivity index (χ1v) is 5.34. The van der Waals surface area contributed by atoms with E-state index in [0.717, 1.165) is 11.1 Å². The maximum atomic E-state index is 12.9. The number of alkyl halides is 1. The SMILES string of the molecule is CC(Cl)C(C)c1cc2cc(F)ccc2o1. The van der Waals surface area contributed by atoms with E-state index in [1.165, 1.54) is 12.1 Å². The molecule has 1 heterocycles. The zero-order valence-electron chi connectivity index (χ0n) is 8.63. The summed E-state index contributed by atoms with van der Waals surface area (Å²) in [7, 11) is 0. The Balaban J connectivity index is 2.47. The molecule has 1 aromatic carbocycles. The van der Waals surface area contributed by atoms with Gasteiger partial charge in [-0.25, -0.2) is 4.39 Å². The van der Waals surface area contributed by atoms with Crippen LogP contribution in [0.15, 0.2) is 28.7 Å². The van der Waals surface area contributed by atoms with Crippen LogP contribution in [0, 0.1) is 5.82 Å². The van der Waals surface area contributed by atoms with Crippen LogP contribution in [-0.2, 0) is 0 Å². The van der Waals surface area contributed by atoms with Gasteiger partial charge in [-0.05, 0) is 31.2 Å². The van der Waals surface area contributed by atoms with Gasteiger partial charge in [0.25, 0.3) is 0 Å². The van der Waals surface area contributed by atoms with Gasteiger partial charge < -0.3 is 4.42 Å². The molecule has 1 aromatic heterocycles. The van der Waals surface area contributed by atoms with E-state index in [4.69, 9.17) is 16.0 Å². The minimum absolute atomic E-state index is 0.00425. The lowest BCUT2D eigenvalue weighted by Gasteiger charge is -2.09. The molecule has 0 aliphatic carbocycles. The van der Waals surface area contributed by atoms with Gasteiger partial charge in [0.1, 0.15) is 17.2 Å². The number of fused-ring (bicyclic) bond motifs is 1. The van der Waals surface area contributed by atoms with Crippen molar-refractivity contribution in [2.75, 3.05) is 0 Å². The third kappa shape index (κ3) is 2.00. The van der Waals surface area contributed by atoms with Gasteiger partial charge in [0.15, 0.2) is 0 Å². The quantitative estimate of drug-likeness (QED) is 0.696. The first-order valence-electron chi connectivity index (χ1n) is 4.91. The van der Waals surface area contributed by atoms with Gasteiger partial charge in [-0.1, -0.05) is 6.92 Å². The van der Waals surface area contributed by atoms with Crippen LogP contribution in [0.3, 0.4) is 0 Å². The van der Waals surface area contributed by atoms with Crippen molar-refractivity contribution in [3.8, 4) is 0 Å². The van der Waals surface area contributed by atoms with Crippen molar-refractivity contribution in [1.82, 2.24) is 0 Å². The van der Waals surface area contributed by atoms with Crippen molar-refractivity contribution < 1.29 is 8.81 Å². The molecule has 0 radical (unpaired) electrons. The maximum absolute atomic E-state index is 12.9. The number of benzene rings is 1. The highest BCUT2D eigenvalue weighted by Gasteiger charge is 2.16. The number of hydrogen-bond acceptors (Lipinski definition) is 1.